The summed E-state index contributed by atoms with van der Waals surface area (Å²) in [5, 5.41) is 30.8. The van der Waals surface area contributed by atoms with Crippen molar-refractivity contribution >= 4 is 195 Å². The van der Waals surface area contributed by atoms with E-state index in [4.69, 9.17) is 0 Å². The molecular formula is C132H84N6. The van der Waals surface area contributed by atoms with Crippen LogP contribution in [0.1, 0.15) is 0 Å². The molecule has 0 radical (unpaired) electrons. The summed E-state index contributed by atoms with van der Waals surface area (Å²) < 4.78 is 14.5. The summed E-state index contributed by atoms with van der Waals surface area (Å²) in [4.78, 5) is 0. The molecule has 0 N–H and O–H groups in total. The third-order valence-corrected chi connectivity index (χ3v) is 29.0. The fourth-order valence-corrected chi connectivity index (χ4v) is 22.9. The highest BCUT2D eigenvalue weighted by Gasteiger charge is 2.25. The van der Waals surface area contributed by atoms with Gasteiger partial charge in [-0.3, -0.25) is 0 Å². The number of benzene rings is 24. The third kappa shape index (κ3) is 12.4. The van der Waals surface area contributed by atoms with E-state index < -0.39 is 0 Å². The van der Waals surface area contributed by atoms with Gasteiger partial charge >= 0.3 is 0 Å². The average molecular weight is 1750 g/mol. The molecule has 0 saturated heterocycles. The van der Waals surface area contributed by atoms with Crippen LogP contribution in [0.2, 0.25) is 0 Å². The Kier molecular flexibility index (Phi) is 18.0. The first-order valence-corrected chi connectivity index (χ1v) is 47.6. The zero-order chi connectivity index (χ0) is 90.6. The van der Waals surface area contributed by atoms with Crippen LogP contribution in [0.3, 0.4) is 0 Å². The summed E-state index contributed by atoms with van der Waals surface area (Å²) in [6.07, 6.45) is 0. The predicted molar refractivity (Wildman–Crippen MR) is 587 cm³/mol. The number of para-hydroxylation sites is 6. The Labute approximate surface area is 794 Å². The molecule has 6 heterocycles. The summed E-state index contributed by atoms with van der Waals surface area (Å²) in [7, 11) is 0. The highest BCUT2D eigenvalue weighted by Crippen LogP contribution is 2.48. The van der Waals surface area contributed by atoms with Crippen molar-refractivity contribution in [1.29, 1.82) is 0 Å². The van der Waals surface area contributed by atoms with Gasteiger partial charge in [0.15, 0.2) is 0 Å². The summed E-state index contributed by atoms with van der Waals surface area (Å²) in [5.74, 6) is 0. The Balaban J connectivity index is 0.000000102. The normalized spacial score (nSPS) is 11.9. The highest BCUT2D eigenvalue weighted by atomic mass is 15.0. The SMILES string of the molecule is c1ccc(-n2c3ccccc3c3cc(-c4cccc(-n5c6ccc7ccccc7c6c6c7ccccc7ccc65)c4)ccc32)cc1.c1ccc(-n2c3ccccc3c3ccc(-c4ccc(-n5c6ccc7ccccc7c6c6c7ccccc7ccc65)cc4)cc32)cc1.c1ccc(-n2c3ccccc3c3ccc(-c4cccc(-n5c6ccc7ccccc7c6c6c7ccccc7ccc65)c4)cc32)cc1. The van der Waals surface area contributed by atoms with Crippen LogP contribution < -0.4 is 0 Å². The van der Waals surface area contributed by atoms with Gasteiger partial charge in [0.05, 0.1) is 66.2 Å². The van der Waals surface area contributed by atoms with Crippen molar-refractivity contribution in [1.82, 2.24) is 27.4 Å². The van der Waals surface area contributed by atoms with Crippen LogP contribution in [0.5, 0.6) is 0 Å². The van der Waals surface area contributed by atoms with Crippen LogP contribution in [0.25, 0.3) is 263 Å². The number of nitrogens with zero attached hydrogens (tertiary/aromatic N) is 6. The number of fused-ring (bicyclic) bond motifs is 30. The quantitative estimate of drug-likeness (QED) is 0.138. The van der Waals surface area contributed by atoms with E-state index in [2.05, 4.69) is 537 Å². The predicted octanol–water partition coefficient (Wildman–Crippen LogP) is 35.6. The molecule has 24 aromatic carbocycles. The van der Waals surface area contributed by atoms with Crippen LogP contribution in [-0.2, 0) is 0 Å². The lowest BCUT2D eigenvalue weighted by Crippen LogP contribution is -1.95. The van der Waals surface area contributed by atoms with Gasteiger partial charge in [0, 0.05) is 98.8 Å². The lowest BCUT2D eigenvalue weighted by molar-refractivity contribution is 1.18. The molecule has 0 amide bonds. The molecule has 0 unspecified atom stereocenters. The molecule has 642 valence electrons. The molecule has 0 atom stereocenters. The molecule has 138 heavy (non-hydrogen) atoms. The highest BCUT2D eigenvalue weighted by molar-refractivity contribution is 6.32. The third-order valence-electron chi connectivity index (χ3n) is 29.0. The van der Waals surface area contributed by atoms with Crippen molar-refractivity contribution in [3.05, 3.63) is 510 Å². The van der Waals surface area contributed by atoms with E-state index >= 15 is 0 Å². The minimum absolute atomic E-state index is 1.16. The monoisotopic (exact) mass is 1750 g/mol. The average Bonchev–Trinajstić information content (AvgIpc) is 1.56. The minimum Gasteiger partial charge on any atom is -0.309 e. The van der Waals surface area contributed by atoms with Gasteiger partial charge in [0.2, 0.25) is 0 Å². The van der Waals surface area contributed by atoms with Crippen LogP contribution in [0.4, 0.5) is 0 Å². The number of aromatic nitrogens is 6. The van der Waals surface area contributed by atoms with E-state index in [1.54, 1.807) is 0 Å². The zero-order valence-corrected chi connectivity index (χ0v) is 75.2. The van der Waals surface area contributed by atoms with Gasteiger partial charge in [0.1, 0.15) is 0 Å². The van der Waals surface area contributed by atoms with Crippen LogP contribution in [-0.4, -0.2) is 27.4 Å². The van der Waals surface area contributed by atoms with E-state index in [1.807, 2.05) is 0 Å². The van der Waals surface area contributed by atoms with Crippen molar-refractivity contribution < 1.29 is 0 Å². The largest absolute Gasteiger partial charge is 0.309 e. The molecule has 0 spiro atoms. The molecule has 0 bridgehead atoms. The molecule has 0 fully saturated rings. The topological polar surface area (TPSA) is 29.6 Å². The fraction of sp³-hybridized carbons (Fsp3) is 0. The van der Waals surface area contributed by atoms with E-state index in [-0.39, 0.29) is 0 Å². The Morgan fingerprint density at radius 2 is 0.304 bits per heavy atom. The number of rotatable bonds is 9. The Hall–Kier alpha value is -18.4. The maximum absolute atomic E-state index is 2.45. The maximum Gasteiger partial charge on any atom is 0.0547 e. The van der Waals surface area contributed by atoms with Gasteiger partial charge in [-0.15, -0.1) is 0 Å². The first-order chi connectivity index (χ1) is 68.5. The summed E-state index contributed by atoms with van der Waals surface area (Å²) in [6, 6.07) is 186. The number of hydrogen-bond acceptors (Lipinski definition) is 0. The van der Waals surface area contributed by atoms with Crippen molar-refractivity contribution in [2.24, 2.45) is 0 Å². The maximum atomic E-state index is 2.45. The lowest BCUT2D eigenvalue weighted by atomic mass is 10.00. The molecule has 0 saturated carbocycles. The second-order valence-corrected chi connectivity index (χ2v) is 36.5. The van der Waals surface area contributed by atoms with E-state index in [0.717, 1.165) is 17.1 Å². The number of hydrogen-bond donors (Lipinski definition) is 0. The van der Waals surface area contributed by atoms with Gasteiger partial charge < -0.3 is 27.4 Å². The molecular weight excluding hydrogens is 1670 g/mol. The molecule has 6 nitrogen and oxygen atoms in total. The Bertz CT molecular complexity index is 9940. The lowest BCUT2D eigenvalue weighted by Gasteiger charge is -2.12. The molecule has 30 rings (SSSR count). The van der Waals surface area contributed by atoms with Crippen molar-refractivity contribution in [3.63, 3.8) is 0 Å². The molecule has 0 aliphatic carbocycles. The molecule has 6 aromatic heterocycles. The molecule has 6 heteroatoms. The standard InChI is InChI=1S/3C44H28N2/c1-2-14-33(15-3-1)45-39-20-9-8-19-37(39)38-28-32(23-24-40(38)45)31-13-10-16-34(27-31)46-41-25-21-29-11-4-6-17-35(29)43(41)44-36-18-7-5-12-30(36)22-26-42(44)46;1-2-14-33(15-3-1)45-39-20-9-8-19-37(39)38-24-21-32(28-42(38)45)31-13-10-16-34(27-31)46-40-25-22-29-11-4-6-17-35(29)43(40)44-36-18-7-5-12-30(36)23-26-41(44)46;1-2-12-33(13-3-1)45-39-17-9-8-16-37(39)38-25-20-32(28-42(38)45)29-18-23-34(24-19-29)46-40-26-21-30-10-4-6-14-35(30)43(40)44-36-15-7-5-11-31(36)22-27-41(44)46/h3*1-28H. The second-order valence-electron chi connectivity index (χ2n) is 36.5. The van der Waals surface area contributed by atoms with Crippen LogP contribution in [0.15, 0.2) is 510 Å². The van der Waals surface area contributed by atoms with E-state index in [9.17, 15) is 0 Å². The first kappa shape index (κ1) is 78.3. The smallest absolute Gasteiger partial charge is 0.0547 e. The van der Waals surface area contributed by atoms with Crippen LogP contribution in [0, 0.1) is 0 Å². The van der Waals surface area contributed by atoms with E-state index in [0.29, 0.717) is 0 Å². The van der Waals surface area contributed by atoms with Gasteiger partial charge in [-0.25, -0.2) is 0 Å². The fourth-order valence-electron chi connectivity index (χ4n) is 22.9. The minimum atomic E-state index is 1.16. The molecule has 30 aromatic rings. The molecule has 0 aliphatic rings. The first-order valence-electron chi connectivity index (χ1n) is 47.6. The van der Waals surface area contributed by atoms with Crippen molar-refractivity contribution in [2.75, 3.05) is 0 Å². The zero-order valence-electron chi connectivity index (χ0n) is 75.2. The van der Waals surface area contributed by atoms with Gasteiger partial charge in [-0.2, -0.15) is 0 Å². The van der Waals surface area contributed by atoms with Crippen molar-refractivity contribution in [3.8, 4) is 67.5 Å². The Morgan fingerprint density at radius 3 is 0.645 bits per heavy atom. The van der Waals surface area contributed by atoms with Gasteiger partial charge in [-0.05, 0) is 250 Å². The van der Waals surface area contributed by atoms with Crippen molar-refractivity contribution in [2.45, 2.75) is 0 Å². The summed E-state index contributed by atoms with van der Waals surface area (Å²) in [5.41, 5.74) is 28.9. The van der Waals surface area contributed by atoms with Gasteiger partial charge in [0.25, 0.3) is 0 Å². The second kappa shape index (κ2) is 31.7. The summed E-state index contributed by atoms with van der Waals surface area (Å²) in [6.45, 7) is 0. The van der Waals surface area contributed by atoms with E-state index in [1.165, 1.54) is 246 Å². The summed E-state index contributed by atoms with van der Waals surface area (Å²) >= 11 is 0. The van der Waals surface area contributed by atoms with Crippen LogP contribution >= 0.6 is 0 Å². The van der Waals surface area contributed by atoms with Gasteiger partial charge in [-0.1, -0.05) is 358 Å². The Morgan fingerprint density at radius 1 is 0.0942 bits per heavy atom. The molecule has 0 aliphatic heterocycles.